The van der Waals surface area contributed by atoms with Crippen LogP contribution in [0.2, 0.25) is 0 Å². The van der Waals surface area contributed by atoms with Crippen LogP contribution in [0.4, 0.5) is 0 Å². The molecule has 0 atom stereocenters. The van der Waals surface area contributed by atoms with Crippen LogP contribution in [-0.2, 0) is 6.54 Å². The van der Waals surface area contributed by atoms with Crippen molar-refractivity contribution in [1.29, 1.82) is 0 Å². The smallest absolute Gasteiger partial charge is 0.256 e. The number of aryl methyl sites for hydroxylation is 2. The van der Waals surface area contributed by atoms with Gasteiger partial charge in [-0.15, -0.1) is 0 Å². The minimum absolute atomic E-state index is 0.105. The second kappa shape index (κ2) is 2.76. The minimum atomic E-state index is 0.105. The topological polar surface area (TPSA) is 26.4 Å². The Bertz CT molecular complexity index is 493. The first kappa shape index (κ1) is 8.10. The highest BCUT2D eigenvalue weighted by molar-refractivity contribution is 5.40. The molecule has 0 radical (unpaired) electrons. The third kappa shape index (κ3) is 1.08. The van der Waals surface area contributed by atoms with Crippen molar-refractivity contribution in [1.82, 2.24) is 8.97 Å². The van der Waals surface area contributed by atoms with E-state index in [9.17, 15) is 4.79 Å². The highest BCUT2D eigenvalue weighted by Crippen LogP contribution is 2.03. The zero-order valence-corrected chi connectivity index (χ0v) is 7.82. The molecule has 0 saturated heterocycles. The number of hydrogen-bond acceptors (Lipinski definition) is 1. The maximum Gasteiger partial charge on any atom is 0.256 e. The number of hydrogen-bond donors (Lipinski definition) is 0. The number of fused-ring (bicyclic) bond motifs is 1. The van der Waals surface area contributed by atoms with E-state index in [1.807, 2.05) is 42.8 Å². The Labute approximate surface area is 76.2 Å². The van der Waals surface area contributed by atoms with Crippen molar-refractivity contribution in [3.8, 4) is 0 Å². The summed E-state index contributed by atoms with van der Waals surface area (Å²) in [7, 11) is 0. The van der Waals surface area contributed by atoms with Gasteiger partial charge >= 0.3 is 0 Å². The van der Waals surface area contributed by atoms with Crippen LogP contribution in [0.1, 0.15) is 12.5 Å². The molecule has 0 aliphatic rings. The highest BCUT2D eigenvalue weighted by Gasteiger charge is 2.03. The van der Waals surface area contributed by atoms with E-state index in [4.69, 9.17) is 0 Å². The number of nitrogens with zero attached hydrogens (tertiary/aromatic N) is 2. The van der Waals surface area contributed by atoms with Gasteiger partial charge in [-0.3, -0.25) is 9.36 Å². The summed E-state index contributed by atoms with van der Waals surface area (Å²) in [6.07, 6.45) is 3.82. The van der Waals surface area contributed by atoms with Gasteiger partial charge in [-0.25, -0.2) is 0 Å². The molecule has 0 bridgehead atoms. The van der Waals surface area contributed by atoms with E-state index in [0.717, 1.165) is 11.2 Å². The van der Waals surface area contributed by atoms with Crippen LogP contribution in [0.5, 0.6) is 0 Å². The van der Waals surface area contributed by atoms with E-state index in [1.165, 1.54) is 0 Å². The molecule has 0 fully saturated rings. The van der Waals surface area contributed by atoms with Crippen LogP contribution in [-0.4, -0.2) is 8.97 Å². The third-order valence-corrected chi connectivity index (χ3v) is 2.26. The third-order valence-electron chi connectivity index (χ3n) is 2.26. The van der Waals surface area contributed by atoms with Gasteiger partial charge < -0.3 is 4.40 Å². The molecule has 2 rings (SSSR count). The van der Waals surface area contributed by atoms with Crippen LogP contribution < -0.4 is 5.56 Å². The summed E-state index contributed by atoms with van der Waals surface area (Å²) in [5, 5.41) is 0. The zero-order valence-electron chi connectivity index (χ0n) is 7.82. The summed E-state index contributed by atoms with van der Waals surface area (Å²) in [4.78, 5) is 11.7. The molecule has 68 valence electrons. The molecule has 0 aliphatic heterocycles. The fourth-order valence-corrected chi connectivity index (χ4v) is 1.61. The fourth-order valence-electron chi connectivity index (χ4n) is 1.61. The van der Waals surface area contributed by atoms with Crippen LogP contribution in [0.3, 0.4) is 0 Å². The molecule has 3 heteroatoms. The van der Waals surface area contributed by atoms with E-state index in [-0.39, 0.29) is 5.56 Å². The quantitative estimate of drug-likeness (QED) is 0.645. The lowest BCUT2D eigenvalue weighted by molar-refractivity contribution is 0.729. The Morgan fingerprint density at radius 2 is 2.23 bits per heavy atom. The Morgan fingerprint density at radius 3 is 2.92 bits per heavy atom. The first-order valence-electron chi connectivity index (χ1n) is 4.41. The lowest BCUT2D eigenvalue weighted by Crippen LogP contribution is -2.23. The van der Waals surface area contributed by atoms with E-state index >= 15 is 0 Å². The first-order chi connectivity index (χ1) is 6.24. The number of rotatable bonds is 1. The van der Waals surface area contributed by atoms with E-state index in [1.54, 1.807) is 4.57 Å². The minimum Gasteiger partial charge on any atom is -0.310 e. The van der Waals surface area contributed by atoms with Gasteiger partial charge in [-0.1, -0.05) is 0 Å². The van der Waals surface area contributed by atoms with Gasteiger partial charge in [0.15, 0.2) is 0 Å². The summed E-state index contributed by atoms with van der Waals surface area (Å²) in [5.74, 6) is 0. The molecule has 0 saturated carbocycles. The van der Waals surface area contributed by atoms with Crippen molar-refractivity contribution in [3.63, 3.8) is 0 Å². The van der Waals surface area contributed by atoms with Crippen LogP contribution in [0, 0.1) is 6.92 Å². The molecule has 2 aromatic rings. The van der Waals surface area contributed by atoms with Gasteiger partial charge in [0.05, 0.1) is 0 Å². The number of aromatic nitrogens is 2. The van der Waals surface area contributed by atoms with Gasteiger partial charge in [0.1, 0.15) is 5.65 Å². The Morgan fingerprint density at radius 1 is 1.46 bits per heavy atom. The summed E-state index contributed by atoms with van der Waals surface area (Å²) >= 11 is 0. The summed E-state index contributed by atoms with van der Waals surface area (Å²) < 4.78 is 3.75. The molecule has 0 aliphatic carbocycles. The Balaban J connectivity index is 2.96. The highest BCUT2D eigenvalue weighted by atomic mass is 16.1. The second-order valence-electron chi connectivity index (χ2n) is 3.14. The van der Waals surface area contributed by atoms with Gasteiger partial charge in [-0.05, 0) is 26.0 Å². The summed E-state index contributed by atoms with van der Waals surface area (Å²) in [5.41, 5.74) is 1.84. The molecule has 0 spiro atoms. The summed E-state index contributed by atoms with van der Waals surface area (Å²) in [6, 6.07) is 3.89. The molecule has 2 heterocycles. The van der Waals surface area contributed by atoms with E-state index in [0.29, 0.717) is 6.54 Å². The fraction of sp³-hybridized carbons (Fsp3) is 0.300. The normalized spacial score (nSPS) is 10.9. The molecular weight excluding hydrogens is 164 g/mol. The molecule has 0 aromatic carbocycles. The molecule has 0 unspecified atom stereocenters. The Hall–Kier alpha value is -1.51. The largest absolute Gasteiger partial charge is 0.310 e. The average molecular weight is 176 g/mol. The molecule has 3 nitrogen and oxygen atoms in total. The van der Waals surface area contributed by atoms with E-state index in [2.05, 4.69) is 0 Å². The van der Waals surface area contributed by atoms with Crippen molar-refractivity contribution >= 4 is 5.65 Å². The van der Waals surface area contributed by atoms with Crippen LogP contribution in [0.15, 0.2) is 29.3 Å². The standard InChI is InChI=1S/C10H12N2O/c1-3-12-9-5-4-6-11(9)7-8(2)10(12)13/h4-7H,3H2,1-2H3. The van der Waals surface area contributed by atoms with Crippen molar-refractivity contribution < 1.29 is 0 Å². The maximum absolute atomic E-state index is 11.7. The van der Waals surface area contributed by atoms with Crippen molar-refractivity contribution in [3.05, 3.63) is 40.4 Å². The molecule has 0 amide bonds. The van der Waals surface area contributed by atoms with Gasteiger partial charge in [-0.2, -0.15) is 0 Å². The molecular formula is C10H12N2O. The molecule has 13 heavy (non-hydrogen) atoms. The predicted octanol–water partition coefficient (Wildman–Crippen LogP) is 1.43. The monoisotopic (exact) mass is 176 g/mol. The van der Waals surface area contributed by atoms with E-state index < -0.39 is 0 Å². The first-order valence-corrected chi connectivity index (χ1v) is 4.41. The van der Waals surface area contributed by atoms with Crippen molar-refractivity contribution in [2.45, 2.75) is 20.4 Å². The predicted molar refractivity (Wildman–Crippen MR) is 52.1 cm³/mol. The summed E-state index contributed by atoms with van der Waals surface area (Å²) in [6.45, 7) is 4.54. The lowest BCUT2D eigenvalue weighted by Gasteiger charge is -2.06. The lowest BCUT2D eigenvalue weighted by atomic mass is 10.4. The average Bonchev–Trinajstić information content (AvgIpc) is 2.54. The van der Waals surface area contributed by atoms with Crippen molar-refractivity contribution in [2.75, 3.05) is 0 Å². The van der Waals surface area contributed by atoms with Crippen molar-refractivity contribution in [2.24, 2.45) is 0 Å². The molecule has 0 N–H and O–H groups in total. The van der Waals surface area contributed by atoms with Crippen LogP contribution >= 0.6 is 0 Å². The molecule has 2 aromatic heterocycles. The van der Waals surface area contributed by atoms with Gasteiger partial charge in [0.25, 0.3) is 5.56 Å². The second-order valence-corrected chi connectivity index (χ2v) is 3.14. The van der Waals surface area contributed by atoms with Crippen LogP contribution in [0.25, 0.3) is 5.65 Å². The SMILES string of the molecule is CCn1c(=O)c(C)cn2cccc12. The Kier molecular flexibility index (Phi) is 1.72. The van der Waals surface area contributed by atoms with Gasteiger partial charge in [0, 0.05) is 24.5 Å². The van der Waals surface area contributed by atoms with Gasteiger partial charge in [0.2, 0.25) is 0 Å². The maximum atomic E-state index is 11.7. The zero-order chi connectivity index (χ0) is 9.42.